The van der Waals surface area contributed by atoms with E-state index in [4.69, 9.17) is 8.85 Å². The van der Waals surface area contributed by atoms with E-state index < -0.39 is 9.45 Å². The second-order valence-corrected chi connectivity index (χ2v) is 6.01. The number of hydrogen-bond acceptors (Lipinski definition) is 3. The number of hydrogen-bond donors (Lipinski definition) is 0. The molecule has 2 atom stereocenters. The summed E-state index contributed by atoms with van der Waals surface area (Å²) in [5.41, 5.74) is 0. The van der Waals surface area contributed by atoms with Gasteiger partial charge in [0, 0.05) is 26.3 Å². The van der Waals surface area contributed by atoms with Gasteiger partial charge in [0.1, 0.15) is 0 Å². The Morgan fingerprint density at radius 2 is 1.54 bits per heavy atom. The van der Waals surface area contributed by atoms with Crippen LogP contribution in [0, 0.1) is 0 Å². The van der Waals surface area contributed by atoms with E-state index in [9.17, 15) is 0 Å². The number of piperidine rings is 1. The van der Waals surface area contributed by atoms with Crippen LogP contribution in [0.5, 0.6) is 0 Å². The quantitative estimate of drug-likeness (QED) is 0.645. The Kier molecular flexibility index (Phi) is 4.38. The third-order valence-electron chi connectivity index (χ3n) is 2.91. The maximum Gasteiger partial charge on any atom is 0.410 e. The monoisotopic (exact) mass is 203 g/mol. The Balaban J connectivity index is 2.60. The van der Waals surface area contributed by atoms with E-state index >= 15 is 0 Å². The summed E-state index contributed by atoms with van der Waals surface area (Å²) in [7, 11) is 1.96. The first-order valence-corrected chi connectivity index (χ1v) is 6.49. The zero-order chi connectivity index (χ0) is 9.84. The summed E-state index contributed by atoms with van der Waals surface area (Å²) in [6.07, 6.45) is 3.90. The topological polar surface area (TPSA) is 21.7 Å². The molecule has 4 heteroatoms. The standard InChI is InChI=1S/C9H21NO2Si/c1-8-6-5-7-9(2)10(8)13(11-3)12-4/h8-9,13H,5-7H2,1-4H3. The molecule has 0 aliphatic carbocycles. The second kappa shape index (κ2) is 5.10. The predicted molar refractivity (Wildman–Crippen MR) is 55.8 cm³/mol. The first kappa shape index (κ1) is 11.2. The van der Waals surface area contributed by atoms with Crippen LogP contribution in [0.3, 0.4) is 0 Å². The molecule has 0 bridgehead atoms. The maximum atomic E-state index is 5.42. The van der Waals surface area contributed by atoms with Gasteiger partial charge in [-0.25, -0.2) is 0 Å². The van der Waals surface area contributed by atoms with Crippen molar-refractivity contribution in [3.05, 3.63) is 0 Å². The van der Waals surface area contributed by atoms with Gasteiger partial charge in [-0.3, -0.25) is 4.57 Å². The van der Waals surface area contributed by atoms with Gasteiger partial charge in [0.05, 0.1) is 0 Å². The lowest BCUT2D eigenvalue weighted by atomic mass is 10.0. The minimum absolute atomic E-state index is 0.625. The van der Waals surface area contributed by atoms with Crippen molar-refractivity contribution in [1.29, 1.82) is 0 Å². The van der Waals surface area contributed by atoms with Crippen molar-refractivity contribution in [2.24, 2.45) is 0 Å². The Morgan fingerprint density at radius 1 is 1.08 bits per heavy atom. The van der Waals surface area contributed by atoms with Crippen LogP contribution < -0.4 is 0 Å². The molecular formula is C9H21NO2Si. The van der Waals surface area contributed by atoms with E-state index in [2.05, 4.69) is 18.4 Å². The Labute approximate surface area is 82.9 Å². The van der Waals surface area contributed by atoms with E-state index in [0.717, 1.165) is 0 Å². The fourth-order valence-corrected chi connectivity index (χ4v) is 4.01. The van der Waals surface area contributed by atoms with Crippen molar-refractivity contribution in [2.45, 2.75) is 45.2 Å². The lowest BCUT2D eigenvalue weighted by Gasteiger charge is -2.41. The average molecular weight is 203 g/mol. The van der Waals surface area contributed by atoms with Gasteiger partial charge in [-0.05, 0) is 12.8 Å². The van der Waals surface area contributed by atoms with Gasteiger partial charge in [0.15, 0.2) is 0 Å². The van der Waals surface area contributed by atoms with E-state index in [1.807, 2.05) is 0 Å². The molecule has 3 nitrogen and oxygen atoms in total. The van der Waals surface area contributed by atoms with Crippen LogP contribution in [0.25, 0.3) is 0 Å². The Morgan fingerprint density at radius 3 is 1.92 bits per heavy atom. The molecule has 0 saturated carbocycles. The van der Waals surface area contributed by atoms with Crippen molar-refractivity contribution >= 4 is 9.45 Å². The molecule has 1 saturated heterocycles. The van der Waals surface area contributed by atoms with Crippen LogP contribution in [0.15, 0.2) is 0 Å². The fourth-order valence-electron chi connectivity index (χ4n) is 2.20. The molecule has 1 aliphatic rings. The molecule has 0 aromatic carbocycles. The highest BCUT2D eigenvalue weighted by molar-refractivity contribution is 6.41. The summed E-state index contributed by atoms with van der Waals surface area (Å²) in [5.74, 6) is 0. The van der Waals surface area contributed by atoms with E-state index in [0.29, 0.717) is 12.1 Å². The van der Waals surface area contributed by atoms with Crippen molar-refractivity contribution in [3.8, 4) is 0 Å². The summed E-state index contributed by atoms with van der Waals surface area (Å²) < 4.78 is 13.3. The largest absolute Gasteiger partial charge is 0.410 e. The summed E-state index contributed by atoms with van der Waals surface area (Å²) in [6, 6.07) is 1.25. The first-order valence-electron chi connectivity index (χ1n) is 5.03. The van der Waals surface area contributed by atoms with Crippen LogP contribution in [0.4, 0.5) is 0 Å². The number of nitrogens with zero attached hydrogens (tertiary/aromatic N) is 1. The molecule has 0 aromatic heterocycles. The summed E-state index contributed by atoms with van der Waals surface area (Å²) in [4.78, 5) is 0. The van der Waals surface area contributed by atoms with Crippen LogP contribution in [0.1, 0.15) is 33.1 Å². The lowest BCUT2D eigenvalue weighted by Crippen LogP contribution is -2.54. The van der Waals surface area contributed by atoms with Crippen LogP contribution >= 0.6 is 0 Å². The van der Waals surface area contributed by atoms with Crippen molar-refractivity contribution in [3.63, 3.8) is 0 Å². The van der Waals surface area contributed by atoms with Gasteiger partial charge in [0.2, 0.25) is 0 Å². The second-order valence-electron chi connectivity index (χ2n) is 3.85. The lowest BCUT2D eigenvalue weighted by molar-refractivity contribution is 0.114. The molecule has 0 radical (unpaired) electrons. The highest BCUT2D eigenvalue weighted by Crippen LogP contribution is 2.23. The van der Waals surface area contributed by atoms with Gasteiger partial charge in [0.25, 0.3) is 0 Å². The van der Waals surface area contributed by atoms with Gasteiger partial charge in [-0.15, -0.1) is 0 Å². The van der Waals surface area contributed by atoms with Gasteiger partial charge in [-0.2, -0.15) is 0 Å². The summed E-state index contributed by atoms with van der Waals surface area (Å²) >= 11 is 0. The zero-order valence-electron chi connectivity index (χ0n) is 9.12. The van der Waals surface area contributed by atoms with E-state index in [1.54, 1.807) is 14.2 Å². The van der Waals surface area contributed by atoms with Gasteiger partial charge in [-0.1, -0.05) is 20.3 Å². The van der Waals surface area contributed by atoms with Crippen LogP contribution in [-0.4, -0.2) is 40.3 Å². The SMILES string of the molecule is CO[SiH](OC)N1C(C)CCCC1C. The van der Waals surface area contributed by atoms with Gasteiger partial charge >= 0.3 is 9.45 Å². The average Bonchev–Trinajstić information content (AvgIpc) is 2.11. The minimum Gasteiger partial charge on any atom is -0.388 e. The highest BCUT2D eigenvalue weighted by Gasteiger charge is 2.33. The first-order chi connectivity index (χ1) is 6.20. The molecule has 0 N–H and O–H groups in total. The highest BCUT2D eigenvalue weighted by atomic mass is 28.3. The van der Waals surface area contributed by atoms with Crippen LogP contribution in [0.2, 0.25) is 0 Å². The molecule has 1 heterocycles. The fraction of sp³-hybridized carbons (Fsp3) is 1.00. The molecule has 2 unspecified atom stereocenters. The molecule has 1 fully saturated rings. The molecule has 0 spiro atoms. The molecule has 13 heavy (non-hydrogen) atoms. The third-order valence-corrected chi connectivity index (χ3v) is 5.22. The third kappa shape index (κ3) is 2.53. The molecule has 1 rings (SSSR count). The van der Waals surface area contributed by atoms with Crippen molar-refractivity contribution in [1.82, 2.24) is 4.57 Å². The molecule has 78 valence electrons. The van der Waals surface area contributed by atoms with E-state index in [1.165, 1.54) is 19.3 Å². The van der Waals surface area contributed by atoms with Crippen molar-refractivity contribution < 1.29 is 8.85 Å². The molecule has 0 amide bonds. The van der Waals surface area contributed by atoms with Crippen molar-refractivity contribution in [2.75, 3.05) is 14.2 Å². The molecule has 1 aliphatic heterocycles. The Bertz CT molecular complexity index is 143. The van der Waals surface area contributed by atoms with Crippen LogP contribution in [-0.2, 0) is 8.85 Å². The summed E-state index contributed by atoms with van der Waals surface area (Å²) in [5, 5.41) is 0. The Hall–Kier alpha value is 0.0969. The normalized spacial score (nSPS) is 31.2. The predicted octanol–water partition coefficient (Wildman–Crippen LogP) is 1.26. The van der Waals surface area contributed by atoms with Gasteiger partial charge < -0.3 is 8.85 Å². The summed E-state index contributed by atoms with van der Waals surface area (Å²) in [6.45, 7) is 4.54. The number of rotatable bonds is 3. The molecular weight excluding hydrogens is 182 g/mol. The molecule has 0 aromatic rings. The zero-order valence-corrected chi connectivity index (χ0v) is 10.3. The minimum atomic E-state index is -1.56. The smallest absolute Gasteiger partial charge is 0.388 e. The van der Waals surface area contributed by atoms with E-state index in [-0.39, 0.29) is 0 Å². The maximum absolute atomic E-state index is 5.42.